The van der Waals surface area contributed by atoms with Crippen LogP contribution in [0.4, 0.5) is 4.39 Å². The van der Waals surface area contributed by atoms with E-state index < -0.39 is 0 Å². The summed E-state index contributed by atoms with van der Waals surface area (Å²) in [5, 5.41) is 0. The van der Waals surface area contributed by atoms with Crippen molar-refractivity contribution in [2.45, 2.75) is 19.0 Å². The third-order valence-corrected chi connectivity index (χ3v) is 4.49. The topological polar surface area (TPSA) is 29.3 Å². The third-order valence-electron chi connectivity index (χ3n) is 3.44. The van der Waals surface area contributed by atoms with Gasteiger partial charge in [0.1, 0.15) is 5.82 Å². The van der Waals surface area contributed by atoms with Gasteiger partial charge in [0.2, 0.25) is 0 Å². The van der Waals surface area contributed by atoms with E-state index in [-0.39, 0.29) is 11.9 Å². The van der Waals surface area contributed by atoms with Gasteiger partial charge in [-0.15, -0.1) is 0 Å². The maximum absolute atomic E-state index is 13.5. The lowest BCUT2D eigenvalue weighted by Crippen LogP contribution is -2.46. The zero-order valence-electron chi connectivity index (χ0n) is 10.3. The number of nitrogens with zero attached hydrogens (tertiary/aromatic N) is 1. The zero-order chi connectivity index (χ0) is 12.4. The molecule has 0 radical (unpaired) electrons. The van der Waals surface area contributed by atoms with E-state index in [2.05, 4.69) is 11.9 Å². The van der Waals surface area contributed by atoms with Crippen LogP contribution in [0.1, 0.15) is 17.2 Å². The standard InChI is InChI=1S/C13H19FN2S/c1-9-3-4-10(7-11(9)14)13(15)12-8-17-6-5-16(12)2/h3-4,7,12-13H,5-6,8,15H2,1-2H3. The number of hydrogen-bond acceptors (Lipinski definition) is 3. The second-order valence-electron chi connectivity index (χ2n) is 4.66. The summed E-state index contributed by atoms with van der Waals surface area (Å²) >= 11 is 1.92. The number of benzene rings is 1. The molecule has 1 fully saturated rings. The first-order valence-electron chi connectivity index (χ1n) is 5.89. The first-order chi connectivity index (χ1) is 8.09. The normalized spacial score (nSPS) is 23.6. The summed E-state index contributed by atoms with van der Waals surface area (Å²) in [4.78, 5) is 2.28. The third kappa shape index (κ3) is 2.81. The van der Waals surface area contributed by atoms with Crippen LogP contribution in [0.25, 0.3) is 0 Å². The Morgan fingerprint density at radius 1 is 1.53 bits per heavy atom. The van der Waals surface area contributed by atoms with Crippen molar-refractivity contribution >= 4 is 11.8 Å². The molecule has 94 valence electrons. The molecule has 1 saturated heterocycles. The molecule has 1 aliphatic rings. The average molecular weight is 254 g/mol. The molecule has 2 rings (SSSR count). The van der Waals surface area contributed by atoms with E-state index in [1.807, 2.05) is 17.8 Å². The number of rotatable bonds is 2. The minimum Gasteiger partial charge on any atom is -0.323 e. The molecule has 1 aliphatic heterocycles. The Kier molecular flexibility index (Phi) is 4.07. The second kappa shape index (κ2) is 5.38. The number of nitrogens with two attached hydrogens (primary N) is 1. The van der Waals surface area contributed by atoms with Gasteiger partial charge in [0.15, 0.2) is 0 Å². The highest BCUT2D eigenvalue weighted by molar-refractivity contribution is 7.99. The Balaban J connectivity index is 2.17. The van der Waals surface area contributed by atoms with E-state index >= 15 is 0 Å². The van der Waals surface area contributed by atoms with E-state index in [4.69, 9.17) is 5.73 Å². The number of hydrogen-bond donors (Lipinski definition) is 1. The number of halogens is 1. The molecule has 0 amide bonds. The van der Waals surface area contributed by atoms with Gasteiger partial charge in [-0.3, -0.25) is 4.90 Å². The first-order valence-corrected chi connectivity index (χ1v) is 7.04. The molecular weight excluding hydrogens is 235 g/mol. The minimum absolute atomic E-state index is 0.108. The molecule has 4 heteroatoms. The van der Waals surface area contributed by atoms with Crippen molar-refractivity contribution in [1.29, 1.82) is 0 Å². The predicted octanol–water partition coefficient (Wildman–Crippen LogP) is 2.18. The molecule has 1 aromatic rings. The van der Waals surface area contributed by atoms with E-state index in [0.29, 0.717) is 11.6 Å². The van der Waals surface area contributed by atoms with E-state index in [0.717, 1.165) is 23.6 Å². The Bertz CT molecular complexity index is 397. The fourth-order valence-corrected chi connectivity index (χ4v) is 3.41. The predicted molar refractivity (Wildman–Crippen MR) is 71.8 cm³/mol. The first kappa shape index (κ1) is 12.9. The molecule has 2 atom stereocenters. The van der Waals surface area contributed by atoms with E-state index in [9.17, 15) is 4.39 Å². The molecule has 2 unspecified atom stereocenters. The van der Waals surface area contributed by atoms with Crippen LogP contribution in [0.2, 0.25) is 0 Å². The highest BCUT2D eigenvalue weighted by Gasteiger charge is 2.26. The number of likely N-dealkylation sites (N-methyl/N-ethyl adjacent to an activating group) is 1. The highest BCUT2D eigenvalue weighted by atomic mass is 32.2. The number of aryl methyl sites for hydroxylation is 1. The van der Waals surface area contributed by atoms with Crippen LogP contribution < -0.4 is 5.73 Å². The van der Waals surface area contributed by atoms with Crippen molar-refractivity contribution in [2.75, 3.05) is 25.1 Å². The van der Waals surface area contributed by atoms with Crippen LogP contribution in [0, 0.1) is 12.7 Å². The van der Waals surface area contributed by atoms with E-state index in [1.165, 1.54) is 0 Å². The molecule has 0 aliphatic carbocycles. The average Bonchev–Trinajstić information content (AvgIpc) is 2.32. The van der Waals surface area contributed by atoms with Crippen molar-refractivity contribution in [2.24, 2.45) is 5.73 Å². The maximum Gasteiger partial charge on any atom is 0.126 e. The van der Waals surface area contributed by atoms with Gasteiger partial charge < -0.3 is 5.73 Å². The van der Waals surface area contributed by atoms with Gasteiger partial charge in [0.05, 0.1) is 0 Å². The van der Waals surface area contributed by atoms with Gasteiger partial charge in [-0.2, -0.15) is 11.8 Å². The van der Waals surface area contributed by atoms with Crippen molar-refractivity contribution in [3.05, 3.63) is 35.1 Å². The molecule has 1 heterocycles. The lowest BCUT2D eigenvalue weighted by atomic mass is 9.99. The molecule has 0 aromatic heterocycles. The van der Waals surface area contributed by atoms with Crippen molar-refractivity contribution < 1.29 is 4.39 Å². The summed E-state index contributed by atoms with van der Waals surface area (Å²) < 4.78 is 13.5. The lowest BCUT2D eigenvalue weighted by molar-refractivity contribution is 0.237. The minimum atomic E-state index is -0.163. The molecule has 2 nitrogen and oxygen atoms in total. The van der Waals surface area contributed by atoms with Crippen LogP contribution in [-0.2, 0) is 0 Å². The largest absolute Gasteiger partial charge is 0.323 e. The summed E-state index contributed by atoms with van der Waals surface area (Å²) in [6.07, 6.45) is 0. The maximum atomic E-state index is 13.5. The Labute approximate surface area is 106 Å². The molecule has 0 saturated carbocycles. The summed E-state index contributed by atoms with van der Waals surface area (Å²) in [5.41, 5.74) is 7.83. The van der Waals surface area contributed by atoms with E-state index in [1.54, 1.807) is 19.1 Å². The molecule has 0 bridgehead atoms. The Morgan fingerprint density at radius 2 is 2.29 bits per heavy atom. The quantitative estimate of drug-likeness (QED) is 0.877. The van der Waals surface area contributed by atoms with Crippen molar-refractivity contribution in [3.63, 3.8) is 0 Å². The van der Waals surface area contributed by atoms with Crippen molar-refractivity contribution in [1.82, 2.24) is 4.90 Å². The summed E-state index contributed by atoms with van der Waals surface area (Å²) in [6.45, 7) is 2.82. The fourth-order valence-electron chi connectivity index (χ4n) is 2.12. The van der Waals surface area contributed by atoms with Crippen LogP contribution in [0.3, 0.4) is 0 Å². The SMILES string of the molecule is Cc1ccc(C(N)C2CSCCN2C)cc1F. The fraction of sp³-hybridized carbons (Fsp3) is 0.538. The molecule has 0 spiro atoms. The van der Waals surface area contributed by atoms with Gasteiger partial charge >= 0.3 is 0 Å². The summed E-state index contributed by atoms with van der Waals surface area (Å²) in [7, 11) is 2.09. The van der Waals surface area contributed by atoms with Gasteiger partial charge in [0.25, 0.3) is 0 Å². The smallest absolute Gasteiger partial charge is 0.126 e. The number of thioether (sulfide) groups is 1. The van der Waals surface area contributed by atoms with Crippen LogP contribution in [0.15, 0.2) is 18.2 Å². The van der Waals surface area contributed by atoms with Crippen molar-refractivity contribution in [3.8, 4) is 0 Å². The molecule has 17 heavy (non-hydrogen) atoms. The monoisotopic (exact) mass is 254 g/mol. The van der Waals surface area contributed by atoms with Crippen LogP contribution >= 0.6 is 11.8 Å². The summed E-state index contributed by atoms with van der Waals surface area (Å²) in [5.74, 6) is 2.01. The zero-order valence-corrected chi connectivity index (χ0v) is 11.1. The molecule has 2 N–H and O–H groups in total. The van der Waals surface area contributed by atoms with Gasteiger partial charge in [-0.25, -0.2) is 4.39 Å². The molecular formula is C13H19FN2S. The van der Waals surface area contributed by atoms with Crippen LogP contribution in [-0.4, -0.2) is 36.0 Å². The van der Waals surface area contributed by atoms with Gasteiger partial charge in [0, 0.05) is 30.1 Å². The highest BCUT2D eigenvalue weighted by Crippen LogP contribution is 2.25. The van der Waals surface area contributed by atoms with Crippen LogP contribution in [0.5, 0.6) is 0 Å². The Hall–Kier alpha value is -0.580. The Morgan fingerprint density at radius 3 is 2.94 bits per heavy atom. The van der Waals surface area contributed by atoms with Gasteiger partial charge in [-0.1, -0.05) is 12.1 Å². The molecule has 1 aromatic carbocycles. The van der Waals surface area contributed by atoms with Gasteiger partial charge in [-0.05, 0) is 31.2 Å². The summed E-state index contributed by atoms with van der Waals surface area (Å²) in [6, 6.07) is 5.52. The second-order valence-corrected chi connectivity index (χ2v) is 5.81. The lowest BCUT2D eigenvalue weighted by Gasteiger charge is -2.36.